The number of hydrogen-bond acceptors (Lipinski definition) is 2. The van der Waals surface area contributed by atoms with Crippen LogP contribution in [-0.4, -0.2) is 18.2 Å². The number of nitrogens with zero attached hydrogens (tertiary/aromatic N) is 2. The highest BCUT2D eigenvalue weighted by atomic mass is 15.1. The molecule has 1 aliphatic carbocycles. The van der Waals surface area contributed by atoms with Crippen molar-refractivity contribution in [3.63, 3.8) is 0 Å². The van der Waals surface area contributed by atoms with Gasteiger partial charge < -0.3 is 4.90 Å². The molecular formula is C26H24N2. The molecule has 0 atom stereocenters. The molecule has 2 aliphatic rings. The Hall–Kier alpha value is -3.57. The summed E-state index contributed by atoms with van der Waals surface area (Å²) in [7, 11) is 2.03. The fourth-order valence-electron chi connectivity index (χ4n) is 3.11. The van der Waals surface area contributed by atoms with Crippen LogP contribution in [-0.2, 0) is 0 Å². The van der Waals surface area contributed by atoms with Crippen LogP contribution in [0, 0.1) is 11.8 Å². The number of likely N-dealkylation sites (N-methyl/N-ethyl adjacent to an activating group) is 1. The third kappa shape index (κ3) is 4.39. The van der Waals surface area contributed by atoms with E-state index in [1.165, 1.54) is 0 Å². The van der Waals surface area contributed by atoms with Crippen LogP contribution >= 0.6 is 0 Å². The minimum absolute atomic E-state index is 0.745. The van der Waals surface area contributed by atoms with Gasteiger partial charge in [-0.05, 0) is 23.3 Å². The summed E-state index contributed by atoms with van der Waals surface area (Å²) >= 11 is 0. The van der Waals surface area contributed by atoms with E-state index in [9.17, 15) is 0 Å². The summed E-state index contributed by atoms with van der Waals surface area (Å²) in [6, 6.07) is 10.2. The van der Waals surface area contributed by atoms with Gasteiger partial charge in [-0.25, -0.2) is 0 Å². The van der Waals surface area contributed by atoms with E-state index in [0.717, 1.165) is 46.6 Å². The molecule has 0 radical (unpaired) electrons. The van der Waals surface area contributed by atoms with E-state index in [4.69, 9.17) is 4.99 Å². The second-order valence-electron chi connectivity index (χ2n) is 6.37. The summed E-state index contributed by atoms with van der Waals surface area (Å²) in [5, 5.41) is 0. The lowest BCUT2D eigenvalue weighted by atomic mass is 10.0. The summed E-state index contributed by atoms with van der Waals surface area (Å²) in [5.41, 5.74) is 6.10. The Morgan fingerprint density at radius 3 is 2.57 bits per heavy atom. The molecule has 0 saturated heterocycles. The molecule has 0 aromatic heterocycles. The van der Waals surface area contributed by atoms with E-state index < -0.39 is 0 Å². The van der Waals surface area contributed by atoms with Crippen molar-refractivity contribution >= 4 is 11.9 Å². The van der Waals surface area contributed by atoms with Gasteiger partial charge in [-0.1, -0.05) is 85.7 Å². The van der Waals surface area contributed by atoms with Crippen LogP contribution in [0.4, 0.5) is 0 Å². The average Bonchev–Trinajstić information content (AvgIpc) is 2.70. The Morgan fingerprint density at radius 2 is 1.82 bits per heavy atom. The van der Waals surface area contributed by atoms with Crippen molar-refractivity contribution in [3.05, 3.63) is 114 Å². The Balaban J connectivity index is 2.08. The fourth-order valence-corrected chi connectivity index (χ4v) is 3.11. The Bertz CT molecular complexity index is 1000. The van der Waals surface area contributed by atoms with Crippen LogP contribution in [0.15, 0.2) is 114 Å². The smallest absolute Gasteiger partial charge is 0.0938 e. The molecule has 1 heterocycles. The van der Waals surface area contributed by atoms with Crippen LogP contribution in [0.3, 0.4) is 0 Å². The predicted molar refractivity (Wildman–Crippen MR) is 120 cm³/mol. The first-order valence-electron chi connectivity index (χ1n) is 9.31. The van der Waals surface area contributed by atoms with Gasteiger partial charge in [0, 0.05) is 37.4 Å². The molecule has 0 bridgehead atoms. The van der Waals surface area contributed by atoms with Crippen molar-refractivity contribution in [2.24, 2.45) is 4.99 Å². The molecule has 0 spiro atoms. The number of aliphatic imine (C=N–C) groups is 1. The predicted octanol–water partition coefficient (Wildman–Crippen LogP) is 5.83. The van der Waals surface area contributed by atoms with Crippen LogP contribution < -0.4 is 0 Å². The minimum atomic E-state index is 0.745. The van der Waals surface area contributed by atoms with Crippen LogP contribution in [0.1, 0.15) is 18.4 Å². The van der Waals surface area contributed by atoms with E-state index in [-0.39, 0.29) is 0 Å². The van der Waals surface area contributed by atoms with Gasteiger partial charge in [-0.3, -0.25) is 4.99 Å². The molecule has 1 aromatic carbocycles. The zero-order chi connectivity index (χ0) is 19.8. The Labute approximate surface area is 168 Å². The van der Waals surface area contributed by atoms with Crippen molar-refractivity contribution in [2.75, 3.05) is 7.05 Å². The molecule has 28 heavy (non-hydrogen) atoms. The van der Waals surface area contributed by atoms with Crippen LogP contribution in [0.2, 0.25) is 0 Å². The summed E-state index contributed by atoms with van der Waals surface area (Å²) in [6.45, 7) is 7.87. The molecule has 0 unspecified atom stereocenters. The normalized spacial score (nSPS) is 19.3. The molecule has 0 fully saturated rings. The van der Waals surface area contributed by atoms with Gasteiger partial charge in [0.2, 0.25) is 0 Å². The highest BCUT2D eigenvalue weighted by Crippen LogP contribution is 2.30. The molecule has 1 aliphatic heterocycles. The fraction of sp³-hybridized carbons (Fsp3) is 0.115. The standard InChI is InChI=1S/C26H24N2/c1-4-22-18-19-25(28(3)24(22)5-2)26(23-16-12-9-13-17-23)27-20-21-14-10-7-6-8-11-15-21/h4-5,9-10,12-20H,1-2,7,11H2,3H3/b14-10-,21-15?,26-25-,27-20+. The number of allylic oxidation sites excluding steroid dienone is 9. The lowest BCUT2D eigenvalue weighted by molar-refractivity contribution is 0.547. The van der Waals surface area contributed by atoms with Gasteiger partial charge in [0.1, 0.15) is 0 Å². The van der Waals surface area contributed by atoms with E-state index in [1.54, 1.807) is 0 Å². The minimum Gasteiger partial charge on any atom is -0.342 e. The lowest BCUT2D eigenvalue weighted by Crippen LogP contribution is -2.20. The van der Waals surface area contributed by atoms with E-state index >= 15 is 0 Å². The van der Waals surface area contributed by atoms with Crippen LogP contribution in [0.5, 0.6) is 0 Å². The highest BCUT2D eigenvalue weighted by molar-refractivity contribution is 5.88. The molecule has 2 heteroatoms. The number of hydrogen-bond donors (Lipinski definition) is 0. The quantitative estimate of drug-likeness (QED) is 0.474. The maximum Gasteiger partial charge on any atom is 0.0938 e. The van der Waals surface area contributed by atoms with Gasteiger partial charge >= 0.3 is 0 Å². The van der Waals surface area contributed by atoms with Crippen molar-refractivity contribution in [3.8, 4) is 11.8 Å². The Kier molecular flexibility index (Phi) is 6.44. The second kappa shape index (κ2) is 9.39. The maximum atomic E-state index is 4.89. The van der Waals surface area contributed by atoms with Crippen molar-refractivity contribution < 1.29 is 0 Å². The number of benzene rings is 1. The third-order valence-electron chi connectivity index (χ3n) is 4.58. The Morgan fingerprint density at radius 1 is 1.04 bits per heavy atom. The second-order valence-corrected chi connectivity index (χ2v) is 6.37. The zero-order valence-electron chi connectivity index (χ0n) is 16.2. The van der Waals surface area contributed by atoms with Gasteiger partial charge in [-0.15, -0.1) is 0 Å². The molecule has 2 nitrogen and oxygen atoms in total. The summed E-state index contributed by atoms with van der Waals surface area (Å²) in [6.07, 6.45) is 17.5. The molecule has 0 N–H and O–H groups in total. The first kappa shape index (κ1) is 19.2. The monoisotopic (exact) mass is 364 g/mol. The van der Waals surface area contributed by atoms with Crippen LogP contribution in [0.25, 0.3) is 5.70 Å². The average molecular weight is 364 g/mol. The molecular weight excluding hydrogens is 340 g/mol. The largest absolute Gasteiger partial charge is 0.342 e. The summed E-state index contributed by atoms with van der Waals surface area (Å²) in [4.78, 5) is 7.00. The SMILES string of the molecule is C=CC1=C(C=C)N(C)/C(=C(\N=C\C2=CCC#CC/C=C\2)c2ccccc2)C=C1. The first-order chi connectivity index (χ1) is 13.7. The molecule has 0 amide bonds. The van der Waals surface area contributed by atoms with Crippen molar-refractivity contribution in [1.82, 2.24) is 4.90 Å². The summed E-state index contributed by atoms with van der Waals surface area (Å²) in [5.74, 6) is 6.24. The van der Waals surface area contributed by atoms with Gasteiger partial charge in [-0.2, -0.15) is 0 Å². The zero-order valence-corrected chi connectivity index (χ0v) is 16.2. The number of rotatable bonds is 5. The highest BCUT2D eigenvalue weighted by Gasteiger charge is 2.17. The molecule has 0 saturated carbocycles. The molecule has 138 valence electrons. The summed E-state index contributed by atoms with van der Waals surface area (Å²) < 4.78 is 0. The maximum absolute atomic E-state index is 4.89. The van der Waals surface area contributed by atoms with E-state index in [2.05, 4.69) is 72.4 Å². The van der Waals surface area contributed by atoms with Gasteiger partial charge in [0.15, 0.2) is 0 Å². The van der Waals surface area contributed by atoms with E-state index in [1.807, 2.05) is 43.6 Å². The van der Waals surface area contributed by atoms with Crippen molar-refractivity contribution in [2.45, 2.75) is 12.8 Å². The molecule has 3 rings (SSSR count). The van der Waals surface area contributed by atoms with Gasteiger partial charge in [0.25, 0.3) is 0 Å². The van der Waals surface area contributed by atoms with Crippen molar-refractivity contribution in [1.29, 1.82) is 0 Å². The third-order valence-corrected chi connectivity index (χ3v) is 4.58. The molecule has 1 aromatic rings. The van der Waals surface area contributed by atoms with E-state index in [0.29, 0.717) is 0 Å². The topological polar surface area (TPSA) is 15.6 Å². The lowest BCUT2D eigenvalue weighted by Gasteiger charge is -2.28. The first-order valence-corrected chi connectivity index (χ1v) is 9.31. The van der Waals surface area contributed by atoms with Gasteiger partial charge in [0.05, 0.1) is 11.4 Å².